The number of nitrogens with zero attached hydrogens (tertiary/aromatic N) is 3. The molecule has 0 fully saturated rings. The Morgan fingerprint density at radius 2 is 0.973 bits per heavy atom. The summed E-state index contributed by atoms with van der Waals surface area (Å²) in [5, 5.41) is 0. The minimum atomic E-state index is -0.391. The van der Waals surface area contributed by atoms with E-state index in [0.717, 1.165) is 12.8 Å². The van der Waals surface area contributed by atoms with Crippen LogP contribution in [0.25, 0.3) is 11.1 Å². The Morgan fingerprint density at radius 3 is 1.66 bits per heavy atom. The summed E-state index contributed by atoms with van der Waals surface area (Å²) in [4.78, 5) is 8.11. The van der Waals surface area contributed by atoms with E-state index in [0.29, 0.717) is 0 Å². The van der Waals surface area contributed by atoms with Gasteiger partial charge in [0.25, 0.3) is 6.71 Å². The van der Waals surface area contributed by atoms with E-state index in [-0.39, 0.29) is 33.8 Å². The van der Waals surface area contributed by atoms with Gasteiger partial charge in [-0.2, -0.15) is 0 Å². The summed E-state index contributed by atoms with van der Waals surface area (Å²) in [6.45, 7) is 33.2. The first-order chi connectivity index (χ1) is 35.0. The molecule has 8 aromatic rings. The first-order valence-electron chi connectivity index (χ1n) is 27.3. The molecule has 4 aliphatic rings. The Morgan fingerprint density at radius 1 is 0.405 bits per heavy atom. The Hall–Kier alpha value is -6.78. The number of aryl methyl sites for hydroxylation is 1. The van der Waals surface area contributed by atoms with E-state index >= 15 is 0 Å². The lowest BCUT2D eigenvalue weighted by atomic mass is 9.33. The second-order valence-electron chi connectivity index (χ2n) is 26.6. The largest absolute Gasteiger partial charge is 0.330 e. The van der Waals surface area contributed by atoms with Crippen molar-refractivity contribution in [3.63, 3.8) is 0 Å². The van der Waals surface area contributed by atoms with Crippen molar-refractivity contribution in [3.05, 3.63) is 209 Å². The van der Waals surface area contributed by atoms with Crippen molar-refractivity contribution in [1.82, 2.24) is 0 Å². The summed E-state index contributed by atoms with van der Waals surface area (Å²) in [5.74, 6) is 0. The van der Waals surface area contributed by atoms with Crippen molar-refractivity contribution in [2.24, 2.45) is 0 Å². The molecule has 3 heterocycles. The van der Waals surface area contributed by atoms with Gasteiger partial charge in [0, 0.05) is 50.8 Å². The standard InChI is InChI=1S/C70H74BN3/c1-65(2,3)47-26-22-27-51(39-47)72-61-42-50(68(10,11)12)31-34-56(61)71-57-41-49(67(7,8)9)33-36-60(57)73(58-35-32-48(66(4,5)6)40-53(58)45-23-16-15-17-24-45)63-44-52(43-62(72)64(63)71)74-59-30-21-20-29-55(59)69(13)38-37-46-25-18-19-28-54(46)70(69,74)14/h15-36,39-44H,37-38H2,1-14H3. The number of para-hydroxylation sites is 1. The molecule has 74 heavy (non-hydrogen) atoms. The number of fused-ring (bicyclic) bond motifs is 9. The van der Waals surface area contributed by atoms with Gasteiger partial charge in [-0.05, 0) is 157 Å². The molecule has 2 atom stereocenters. The molecule has 0 saturated carbocycles. The maximum absolute atomic E-state index is 2.77. The van der Waals surface area contributed by atoms with Gasteiger partial charge in [-0.1, -0.05) is 205 Å². The monoisotopic (exact) mass is 968 g/mol. The van der Waals surface area contributed by atoms with E-state index in [1.54, 1.807) is 0 Å². The van der Waals surface area contributed by atoms with Crippen molar-refractivity contribution in [2.75, 3.05) is 14.7 Å². The van der Waals surface area contributed by atoms with Crippen LogP contribution in [-0.4, -0.2) is 6.71 Å². The topological polar surface area (TPSA) is 9.72 Å². The van der Waals surface area contributed by atoms with Gasteiger partial charge in [-0.3, -0.25) is 0 Å². The molecule has 0 aromatic heterocycles. The van der Waals surface area contributed by atoms with Gasteiger partial charge in [0.2, 0.25) is 0 Å². The minimum absolute atomic E-state index is 0.0372. The Kier molecular flexibility index (Phi) is 10.7. The summed E-state index contributed by atoms with van der Waals surface area (Å²) in [6.07, 6.45) is 2.12. The van der Waals surface area contributed by atoms with Crippen molar-refractivity contribution in [2.45, 2.75) is 142 Å². The van der Waals surface area contributed by atoms with Crippen molar-refractivity contribution in [1.29, 1.82) is 0 Å². The third-order valence-corrected chi connectivity index (χ3v) is 17.9. The molecule has 0 radical (unpaired) electrons. The molecular formula is C70H74BN3. The third kappa shape index (κ3) is 7.21. The van der Waals surface area contributed by atoms with E-state index in [1.165, 1.54) is 112 Å². The fourth-order valence-electron chi connectivity index (χ4n) is 13.4. The number of hydrogen-bond donors (Lipinski definition) is 0. The van der Waals surface area contributed by atoms with Crippen LogP contribution in [0.15, 0.2) is 170 Å². The summed E-state index contributed by atoms with van der Waals surface area (Å²) in [6, 6.07) is 66.6. The highest BCUT2D eigenvalue weighted by molar-refractivity contribution is 7.00. The molecule has 3 nitrogen and oxygen atoms in total. The Labute approximate surface area is 443 Å². The molecule has 1 aliphatic carbocycles. The maximum Gasteiger partial charge on any atom is 0.252 e. The fourth-order valence-corrected chi connectivity index (χ4v) is 13.4. The van der Waals surface area contributed by atoms with Gasteiger partial charge in [-0.15, -0.1) is 0 Å². The lowest BCUT2D eigenvalue weighted by Crippen LogP contribution is -2.61. The maximum atomic E-state index is 2.77. The molecule has 8 aromatic carbocycles. The molecule has 0 amide bonds. The Bertz CT molecular complexity index is 3560. The van der Waals surface area contributed by atoms with Crippen LogP contribution < -0.4 is 31.1 Å². The van der Waals surface area contributed by atoms with E-state index in [4.69, 9.17) is 0 Å². The molecule has 372 valence electrons. The fraction of sp³-hybridized carbons (Fsp3) is 0.314. The molecule has 0 bridgehead atoms. The number of rotatable bonds is 4. The van der Waals surface area contributed by atoms with Crippen molar-refractivity contribution < 1.29 is 0 Å². The Balaban J connectivity index is 1.26. The second-order valence-corrected chi connectivity index (χ2v) is 26.6. The van der Waals surface area contributed by atoms with Crippen LogP contribution in [0.3, 0.4) is 0 Å². The van der Waals surface area contributed by atoms with Crippen LogP contribution in [0.5, 0.6) is 0 Å². The third-order valence-electron chi connectivity index (χ3n) is 17.9. The van der Waals surface area contributed by atoms with E-state index < -0.39 is 5.54 Å². The summed E-state index contributed by atoms with van der Waals surface area (Å²) >= 11 is 0. The highest BCUT2D eigenvalue weighted by atomic mass is 15.3. The van der Waals surface area contributed by atoms with Crippen LogP contribution in [0.2, 0.25) is 0 Å². The summed E-state index contributed by atoms with van der Waals surface area (Å²) in [7, 11) is 0. The van der Waals surface area contributed by atoms with Crippen molar-refractivity contribution in [3.8, 4) is 11.1 Å². The molecule has 12 rings (SSSR count). The van der Waals surface area contributed by atoms with Crippen LogP contribution in [0, 0.1) is 0 Å². The van der Waals surface area contributed by atoms with E-state index in [2.05, 4.69) is 281 Å². The highest BCUT2D eigenvalue weighted by Gasteiger charge is 2.60. The molecule has 0 N–H and O–H groups in total. The summed E-state index contributed by atoms with van der Waals surface area (Å²) < 4.78 is 0. The van der Waals surface area contributed by atoms with Crippen LogP contribution in [0.4, 0.5) is 45.5 Å². The van der Waals surface area contributed by atoms with E-state index in [9.17, 15) is 0 Å². The molecule has 3 aliphatic heterocycles. The zero-order valence-electron chi connectivity index (χ0n) is 46.5. The quantitative estimate of drug-likeness (QED) is 0.163. The average molecular weight is 968 g/mol. The van der Waals surface area contributed by atoms with Gasteiger partial charge in [0.05, 0.1) is 11.2 Å². The first-order valence-corrected chi connectivity index (χ1v) is 27.3. The second kappa shape index (κ2) is 16.4. The van der Waals surface area contributed by atoms with Gasteiger partial charge < -0.3 is 14.7 Å². The molecule has 2 unspecified atom stereocenters. The zero-order chi connectivity index (χ0) is 52.1. The van der Waals surface area contributed by atoms with Gasteiger partial charge in [0.1, 0.15) is 0 Å². The lowest BCUT2D eigenvalue weighted by Gasteiger charge is -2.52. The highest BCUT2D eigenvalue weighted by Crippen LogP contribution is 2.64. The first kappa shape index (κ1) is 48.2. The lowest BCUT2D eigenvalue weighted by molar-refractivity contribution is 0.245. The minimum Gasteiger partial charge on any atom is -0.330 e. The summed E-state index contributed by atoms with van der Waals surface area (Å²) in [5.41, 5.74) is 25.1. The molecular weight excluding hydrogens is 894 g/mol. The number of anilines is 8. The van der Waals surface area contributed by atoms with Crippen LogP contribution >= 0.6 is 0 Å². The predicted octanol–water partition coefficient (Wildman–Crippen LogP) is 16.9. The van der Waals surface area contributed by atoms with Gasteiger partial charge in [-0.25, -0.2) is 0 Å². The average Bonchev–Trinajstić information content (AvgIpc) is 3.60. The predicted molar refractivity (Wildman–Crippen MR) is 319 cm³/mol. The number of hydrogen-bond acceptors (Lipinski definition) is 3. The van der Waals surface area contributed by atoms with Crippen LogP contribution in [-0.2, 0) is 39.0 Å². The molecule has 0 spiro atoms. The van der Waals surface area contributed by atoms with E-state index in [1.807, 2.05) is 0 Å². The number of benzene rings is 8. The molecule has 0 saturated heterocycles. The van der Waals surface area contributed by atoms with Crippen molar-refractivity contribution >= 4 is 68.6 Å². The van der Waals surface area contributed by atoms with Gasteiger partial charge in [0.15, 0.2) is 0 Å². The normalized spacial score (nSPS) is 18.8. The van der Waals surface area contributed by atoms with Gasteiger partial charge >= 0.3 is 0 Å². The van der Waals surface area contributed by atoms with Crippen LogP contribution in [0.1, 0.15) is 142 Å². The molecule has 4 heteroatoms. The zero-order valence-corrected chi connectivity index (χ0v) is 46.5. The smallest absolute Gasteiger partial charge is 0.252 e. The SMILES string of the molecule is CC(C)(C)c1cccc(N2c3cc(C(C)(C)C)ccc3B3c4cc(C(C)(C)C)ccc4N(c4ccc(C(C)(C)C)cc4-c4ccccc4)c4cc(N5c6ccccc6C6(C)CCc7ccccc7C56C)cc2c43)c1.